The van der Waals surface area contributed by atoms with Gasteiger partial charge in [0.25, 0.3) is 5.91 Å². The molecule has 1 aromatic heterocycles. The minimum absolute atomic E-state index is 0.201. The lowest BCUT2D eigenvalue weighted by Crippen LogP contribution is -2.23. The molecule has 0 saturated heterocycles. The highest BCUT2D eigenvalue weighted by molar-refractivity contribution is 5.94. The molecule has 132 valence electrons. The molecule has 0 atom stereocenters. The van der Waals surface area contributed by atoms with Crippen LogP contribution in [0.25, 0.3) is 0 Å². The van der Waals surface area contributed by atoms with Gasteiger partial charge in [-0.25, -0.2) is 0 Å². The molecule has 1 heterocycles. The molecule has 0 unspecified atom stereocenters. The second-order valence-corrected chi connectivity index (χ2v) is 6.49. The summed E-state index contributed by atoms with van der Waals surface area (Å²) in [6.45, 7) is 6.35. The number of aromatic nitrogens is 2. The van der Waals surface area contributed by atoms with Crippen molar-refractivity contribution in [3.05, 3.63) is 53.7 Å². The van der Waals surface area contributed by atoms with Gasteiger partial charge in [0.05, 0.1) is 6.54 Å². The van der Waals surface area contributed by atoms with E-state index in [0.717, 1.165) is 18.4 Å². The van der Waals surface area contributed by atoms with E-state index in [-0.39, 0.29) is 12.5 Å². The fraction of sp³-hybridized carbons (Fsp3) is 0.421. The highest BCUT2D eigenvalue weighted by atomic mass is 16.5. The smallest absolute Gasteiger partial charge is 0.251 e. The molecule has 0 bridgehead atoms. The summed E-state index contributed by atoms with van der Waals surface area (Å²) in [4.78, 5) is 16.7. The number of nitrogens with zero attached hydrogens (tertiary/aromatic N) is 2. The Labute approximate surface area is 147 Å². The average Bonchev–Trinajstić information content (AvgIpc) is 3.29. The number of benzene rings is 1. The monoisotopic (exact) mass is 341 g/mol. The Bertz CT molecular complexity index is 748. The lowest BCUT2D eigenvalue weighted by atomic mass is 10.1. The largest absolute Gasteiger partial charge is 0.489 e. The summed E-state index contributed by atoms with van der Waals surface area (Å²) in [7, 11) is 0. The standard InChI is InChI=1S/C19H23N3O3/c1-13(2)12-24-16-9-5-8-15(10-16)18(23)20-11-17-21-19(25-22-17)14-6-3-4-7-14/h5,8-10,14H,1,3-4,6-7,11-12H2,2H3,(H,20,23). The second kappa shape index (κ2) is 7.96. The normalized spacial score (nSPS) is 14.4. The van der Waals surface area contributed by atoms with Crippen LogP contribution in [0.15, 0.2) is 40.9 Å². The highest BCUT2D eigenvalue weighted by Gasteiger charge is 2.23. The van der Waals surface area contributed by atoms with E-state index in [9.17, 15) is 4.79 Å². The van der Waals surface area contributed by atoms with Crippen LogP contribution in [0, 0.1) is 0 Å². The molecule has 1 amide bonds. The van der Waals surface area contributed by atoms with Gasteiger partial charge in [0.2, 0.25) is 5.89 Å². The molecule has 6 heteroatoms. The van der Waals surface area contributed by atoms with Gasteiger partial charge in [-0.05, 0) is 43.5 Å². The number of carbonyl (C=O) groups is 1. The van der Waals surface area contributed by atoms with Crippen LogP contribution in [-0.2, 0) is 6.54 Å². The summed E-state index contributed by atoms with van der Waals surface area (Å²) in [5.41, 5.74) is 1.45. The maximum atomic E-state index is 12.3. The van der Waals surface area contributed by atoms with E-state index < -0.39 is 0 Å². The maximum absolute atomic E-state index is 12.3. The van der Waals surface area contributed by atoms with E-state index in [1.165, 1.54) is 12.8 Å². The first kappa shape index (κ1) is 17.2. The third-order valence-electron chi connectivity index (χ3n) is 4.18. The summed E-state index contributed by atoms with van der Waals surface area (Å²) in [6, 6.07) is 7.05. The number of nitrogens with one attached hydrogen (secondary N) is 1. The molecule has 6 nitrogen and oxygen atoms in total. The Morgan fingerprint density at radius 3 is 2.96 bits per heavy atom. The van der Waals surface area contributed by atoms with Crippen LogP contribution in [0.2, 0.25) is 0 Å². The van der Waals surface area contributed by atoms with Gasteiger partial charge in [0.15, 0.2) is 5.82 Å². The quantitative estimate of drug-likeness (QED) is 0.779. The van der Waals surface area contributed by atoms with Crippen LogP contribution in [0.4, 0.5) is 0 Å². The van der Waals surface area contributed by atoms with Crippen molar-refractivity contribution in [1.29, 1.82) is 0 Å². The first-order valence-electron chi connectivity index (χ1n) is 8.60. The van der Waals surface area contributed by atoms with Gasteiger partial charge in [-0.15, -0.1) is 0 Å². The van der Waals surface area contributed by atoms with Crippen LogP contribution in [-0.4, -0.2) is 22.7 Å². The van der Waals surface area contributed by atoms with Gasteiger partial charge < -0.3 is 14.6 Å². The van der Waals surface area contributed by atoms with Crippen molar-refractivity contribution in [2.75, 3.05) is 6.61 Å². The number of ether oxygens (including phenoxy) is 1. The Hall–Kier alpha value is -2.63. The molecule has 2 aromatic rings. The maximum Gasteiger partial charge on any atom is 0.251 e. The number of hydrogen-bond acceptors (Lipinski definition) is 5. The van der Waals surface area contributed by atoms with Crippen LogP contribution >= 0.6 is 0 Å². The van der Waals surface area contributed by atoms with Crippen LogP contribution < -0.4 is 10.1 Å². The van der Waals surface area contributed by atoms with Gasteiger partial charge >= 0.3 is 0 Å². The fourth-order valence-electron chi connectivity index (χ4n) is 2.87. The molecule has 0 spiro atoms. The molecule has 1 aliphatic rings. The molecule has 3 rings (SSSR count). The predicted molar refractivity (Wildman–Crippen MR) is 93.4 cm³/mol. The molecule has 0 aliphatic heterocycles. The van der Waals surface area contributed by atoms with E-state index >= 15 is 0 Å². The minimum Gasteiger partial charge on any atom is -0.489 e. The van der Waals surface area contributed by atoms with Gasteiger partial charge in [-0.1, -0.05) is 30.6 Å². The summed E-state index contributed by atoms with van der Waals surface area (Å²) in [6.07, 6.45) is 4.63. The summed E-state index contributed by atoms with van der Waals surface area (Å²) in [5.74, 6) is 2.01. The second-order valence-electron chi connectivity index (χ2n) is 6.49. The van der Waals surface area contributed by atoms with Crippen molar-refractivity contribution in [3.63, 3.8) is 0 Å². The van der Waals surface area contributed by atoms with E-state index in [2.05, 4.69) is 22.0 Å². The first-order valence-corrected chi connectivity index (χ1v) is 8.60. The summed E-state index contributed by atoms with van der Waals surface area (Å²) in [5, 5.41) is 6.77. The molecule has 1 aliphatic carbocycles. The van der Waals surface area contributed by atoms with Gasteiger partial charge in [-0.3, -0.25) is 4.79 Å². The minimum atomic E-state index is -0.201. The third kappa shape index (κ3) is 4.68. The van der Waals surface area contributed by atoms with E-state index in [1.54, 1.807) is 18.2 Å². The lowest BCUT2D eigenvalue weighted by molar-refractivity contribution is 0.0949. The zero-order chi connectivity index (χ0) is 17.6. The van der Waals surface area contributed by atoms with Crippen molar-refractivity contribution in [3.8, 4) is 5.75 Å². The van der Waals surface area contributed by atoms with Gasteiger partial charge in [0.1, 0.15) is 12.4 Å². The average molecular weight is 341 g/mol. The summed E-state index contributed by atoms with van der Waals surface area (Å²) < 4.78 is 10.9. The molecule has 25 heavy (non-hydrogen) atoms. The molecular weight excluding hydrogens is 318 g/mol. The fourth-order valence-corrected chi connectivity index (χ4v) is 2.87. The Morgan fingerprint density at radius 2 is 2.20 bits per heavy atom. The zero-order valence-electron chi connectivity index (χ0n) is 14.5. The number of carbonyl (C=O) groups excluding carboxylic acids is 1. The molecular formula is C19H23N3O3. The highest BCUT2D eigenvalue weighted by Crippen LogP contribution is 2.32. The SMILES string of the molecule is C=C(C)COc1cccc(C(=O)NCc2noc(C3CCCC3)n2)c1. The van der Waals surface area contributed by atoms with Crippen molar-refractivity contribution in [2.45, 2.75) is 45.1 Å². The van der Waals surface area contributed by atoms with Crippen LogP contribution in [0.5, 0.6) is 5.75 Å². The van der Waals surface area contributed by atoms with Crippen LogP contribution in [0.3, 0.4) is 0 Å². The molecule has 0 radical (unpaired) electrons. The number of rotatable bonds is 7. The van der Waals surface area contributed by atoms with Crippen molar-refractivity contribution in [1.82, 2.24) is 15.5 Å². The summed E-state index contributed by atoms with van der Waals surface area (Å²) >= 11 is 0. The molecule has 1 aromatic carbocycles. The van der Waals surface area contributed by atoms with E-state index in [4.69, 9.17) is 9.26 Å². The Morgan fingerprint density at radius 1 is 1.40 bits per heavy atom. The molecule has 1 saturated carbocycles. The molecule has 1 N–H and O–H groups in total. The topological polar surface area (TPSA) is 77.2 Å². The van der Waals surface area contributed by atoms with Crippen LogP contribution in [0.1, 0.15) is 60.6 Å². The van der Waals surface area contributed by atoms with E-state index in [0.29, 0.717) is 35.6 Å². The van der Waals surface area contributed by atoms with E-state index in [1.807, 2.05) is 13.0 Å². The lowest BCUT2D eigenvalue weighted by Gasteiger charge is -2.08. The Kier molecular flexibility index (Phi) is 5.48. The van der Waals surface area contributed by atoms with Crippen molar-refractivity contribution < 1.29 is 14.1 Å². The molecule has 1 fully saturated rings. The zero-order valence-corrected chi connectivity index (χ0v) is 14.5. The predicted octanol–water partition coefficient (Wildman–Crippen LogP) is 3.61. The van der Waals surface area contributed by atoms with Gasteiger partial charge in [-0.2, -0.15) is 4.98 Å². The van der Waals surface area contributed by atoms with Gasteiger partial charge in [0, 0.05) is 11.5 Å². The number of hydrogen-bond donors (Lipinski definition) is 1. The van der Waals surface area contributed by atoms with Crippen molar-refractivity contribution >= 4 is 5.91 Å². The third-order valence-corrected chi connectivity index (χ3v) is 4.18. The first-order chi connectivity index (χ1) is 12.1. The number of amides is 1. The van der Waals surface area contributed by atoms with Crippen molar-refractivity contribution in [2.24, 2.45) is 0 Å². The Balaban J connectivity index is 1.55.